The zero-order valence-corrected chi connectivity index (χ0v) is 19.1. The van der Waals surface area contributed by atoms with Crippen molar-refractivity contribution < 1.29 is 0 Å². The second-order valence-electron chi connectivity index (χ2n) is 9.05. The second-order valence-corrected chi connectivity index (χ2v) is 9.05. The van der Waals surface area contributed by atoms with E-state index in [0.717, 1.165) is 5.92 Å². The summed E-state index contributed by atoms with van der Waals surface area (Å²) in [4.78, 5) is 0. The van der Waals surface area contributed by atoms with Crippen LogP contribution in [0, 0.1) is 5.92 Å². The lowest BCUT2D eigenvalue weighted by molar-refractivity contribution is 0.430. The summed E-state index contributed by atoms with van der Waals surface area (Å²) in [5.41, 5.74) is 0. The molecule has 1 atom stereocenters. The lowest BCUT2D eigenvalue weighted by Crippen LogP contribution is -1.95. The molecule has 0 aromatic heterocycles. The zero-order chi connectivity index (χ0) is 19.1. The normalized spacial score (nSPS) is 12.6. The van der Waals surface area contributed by atoms with Crippen LogP contribution in [0.5, 0.6) is 0 Å². The summed E-state index contributed by atoms with van der Waals surface area (Å²) in [6, 6.07) is 0. The molecule has 0 radical (unpaired) electrons. The number of rotatable bonds is 22. The van der Waals surface area contributed by atoms with Gasteiger partial charge in [0, 0.05) is 0 Å². The molecule has 0 aromatic carbocycles. The van der Waals surface area contributed by atoms with Gasteiger partial charge in [0.15, 0.2) is 0 Å². The van der Waals surface area contributed by atoms with Crippen LogP contribution in [0.4, 0.5) is 0 Å². The van der Waals surface area contributed by atoms with E-state index in [0.29, 0.717) is 0 Å². The van der Waals surface area contributed by atoms with E-state index >= 15 is 0 Å². The molecule has 0 heteroatoms. The summed E-state index contributed by atoms with van der Waals surface area (Å²) in [5.74, 6) is 0.971. The highest BCUT2D eigenvalue weighted by molar-refractivity contribution is 4.56. The molecule has 0 saturated heterocycles. The van der Waals surface area contributed by atoms with Crippen LogP contribution >= 0.6 is 0 Å². The quantitative estimate of drug-likeness (QED) is 0.167. The minimum absolute atomic E-state index is 0.971. The van der Waals surface area contributed by atoms with E-state index in [4.69, 9.17) is 0 Å². The molecule has 158 valence electrons. The van der Waals surface area contributed by atoms with Crippen molar-refractivity contribution in [1.29, 1.82) is 0 Å². The first-order valence-electron chi connectivity index (χ1n) is 12.8. The van der Waals surface area contributed by atoms with Gasteiger partial charge >= 0.3 is 0 Å². The van der Waals surface area contributed by atoms with Gasteiger partial charge in [-0.2, -0.15) is 0 Å². The average Bonchev–Trinajstić information content (AvgIpc) is 2.64. The first kappa shape index (κ1) is 26.0. The molecule has 0 fully saturated rings. The Kier molecular flexibility index (Phi) is 23.0. The maximum Gasteiger partial charge on any atom is -0.0443 e. The molecular formula is C26H54. The highest BCUT2D eigenvalue weighted by atomic mass is 14.1. The van der Waals surface area contributed by atoms with Crippen LogP contribution in [-0.2, 0) is 0 Å². The highest BCUT2D eigenvalue weighted by Gasteiger charge is 2.02. The largest absolute Gasteiger partial charge is 0.0654 e. The van der Waals surface area contributed by atoms with Crippen molar-refractivity contribution >= 4 is 0 Å². The van der Waals surface area contributed by atoms with Crippen molar-refractivity contribution in [3.8, 4) is 0 Å². The minimum Gasteiger partial charge on any atom is -0.0654 e. The molecule has 0 bridgehead atoms. The van der Waals surface area contributed by atoms with Crippen molar-refractivity contribution in [3.63, 3.8) is 0 Å². The smallest absolute Gasteiger partial charge is 0.0443 e. The van der Waals surface area contributed by atoms with Gasteiger partial charge in [-0.1, -0.05) is 162 Å². The molecule has 0 rings (SSSR count). The third-order valence-electron chi connectivity index (χ3n) is 6.10. The van der Waals surface area contributed by atoms with E-state index in [2.05, 4.69) is 20.8 Å². The van der Waals surface area contributed by atoms with Gasteiger partial charge in [0.2, 0.25) is 0 Å². The zero-order valence-electron chi connectivity index (χ0n) is 19.1. The Hall–Kier alpha value is 0. The Morgan fingerprint density at radius 1 is 0.346 bits per heavy atom. The molecule has 0 aromatic rings. The lowest BCUT2D eigenvalue weighted by atomic mass is 9.95. The Morgan fingerprint density at radius 3 is 0.846 bits per heavy atom. The fraction of sp³-hybridized carbons (Fsp3) is 1.00. The Balaban J connectivity index is 3.10. The molecule has 0 amide bonds. The molecular weight excluding hydrogens is 312 g/mol. The van der Waals surface area contributed by atoms with Gasteiger partial charge in [-0.05, 0) is 5.92 Å². The molecule has 0 saturated carbocycles. The first-order chi connectivity index (χ1) is 12.8. The van der Waals surface area contributed by atoms with Crippen LogP contribution in [0.25, 0.3) is 0 Å². The fourth-order valence-corrected chi connectivity index (χ4v) is 4.10. The molecule has 1 unspecified atom stereocenters. The van der Waals surface area contributed by atoms with Crippen LogP contribution in [0.15, 0.2) is 0 Å². The van der Waals surface area contributed by atoms with E-state index < -0.39 is 0 Å². The van der Waals surface area contributed by atoms with Gasteiger partial charge in [0.1, 0.15) is 0 Å². The SMILES string of the molecule is CCCCCCCCCCCCCCCC(C)CCCCCCCCC. The Morgan fingerprint density at radius 2 is 0.577 bits per heavy atom. The van der Waals surface area contributed by atoms with Crippen molar-refractivity contribution in [2.24, 2.45) is 5.92 Å². The highest BCUT2D eigenvalue weighted by Crippen LogP contribution is 2.19. The van der Waals surface area contributed by atoms with E-state index in [1.807, 2.05) is 0 Å². The molecule has 0 aliphatic rings. The van der Waals surface area contributed by atoms with Crippen molar-refractivity contribution in [1.82, 2.24) is 0 Å². The van der Waals surface area contributed by atoms with Gasteiger partial charge in [-0.15, -0.1) is 0 Å². The van der Waals surface area contributed by atoms with Crippen LogP contribution in [-0.4, -0.2) is 0 Å². The van der Waals surface area contributed by atoms with Crippen LogP contribution in [0.2, 0.25) is 0 Å². The predicted molar refractivity (Wildman–Crippen MR) is 122 cm³/mol. The van der Waals surface area contributed by atoms with Crippen molar-refractivity contribution in [2.45, 2.75) is 162 Å². The maximum atomic E-state index is 2.48. The van der Waals surface area contributed by atoms with Crippen LogP contribution in [0.1, 0.15) is 162 Å². The first-order valence-corrected chi connectivity index (χ1v) is 12.8. The van der Waals surface area contributed by atoms with Crippen LogP contribution in [0.3, 0.4) is 0 Å². The minimum atomic E-state index is 0.971. The summed E-state index contributed by atoms with van der Waals surface area (Å²) in [5, 5.41) is 0. The number of hydrogen-bond acceptors (Lipinski definition) is 0. The van der Waals surface area contributed by atoms with Gasteiger partial charge < -0.3 is 0 Å². The van der Waals surface area contributed by atoms with Crippen molar-refractivity contribution in [3.05, 3.63) is 0 Å². The summed E-state index contributed by atoms with van der Waals surface area (Å²) in [7, 11) is 0. The topological polar surface area (TPSA) is 0 Å². The number of unbranched alkanes of at least 4 members (excludes halogenated alkanes) is 18. The number of hydrogen-bond donors (Lipinski definition) is 0. The van der Waals surface area contributed by atoms with E-state index in [-0.39, 0.29) is 0 Å². The van der Waals surface area contributed by atoms with Gasteiger partial charge in [0.25, 0.3) is 0 Å². The van der Waals surface area contributed by atoms with Gasteiger partial charge in [0.05, 0.1) is 0 Å². The third-order valence-corrected chi connectivity index (χ3v) is 6.10. The Labute approximate surface area is 168 Å². The lowest BCUT2D eigenvalue weighted by Gasteiger charge is -2.11. The van der Waals surface area contributed by atoms with E-state index in [9.17, 15) is 0 Å². The summed E-state index contributed by atoms with van der Waals surface area (Å²) < 4.78 is 0. The fourth-order valence-electron chi connectivity index (χ4n) is 4.10. The molecule has 0 aliphatic carbocycles. The molecule has 0 heterocycles. The van der Waals surface area contributed by atoms with E-state index in [1.165, 1.54) is 141 Å². The monoisotopic (exact) mass is 366 g/mol. The maximum absolute atomic E-state index is 2.48. The third kappa shape index (κ3) is 22.0. The summed E-state index contributed by atoms with van der Waals surface area (Å²) in [6.07, 6.45) is 32.3. The summed E-state index contributed by atoms with van der Waals surface area (Å²) >= 11 is 0. The molecule has 0 N–H and O–H groups in total. The molecule has 0 nitrogen and oxygen atoms in total. The van der Waals surface area contributed by atoms with Gasteiger partial charge in [-0.3, -0.25) is 0 Å². The second kappa shape index (κ2) is 23.0. The Bertz CT molecular complexity index is 232. The van der Waals surface area contributed by atoms with E-state index in [1.54, 1.807) is 0 Å². The van der Waals surface area contributed by atoms with Crippen molar-refractivity contribution in [2.75, 3.05) is 0 Å². The average molecular weight is 367 g/mol. The molecule has 0 spiro atoms. The predicted octanol–water partition coefficient (Wildman–Crippen LogP) is 10.2. The van der Waals surface area contributed by atoms with Gasteiger partial charge in [-0.25, -0.2) is 0 Å². The molecule has 26 heavy (non-hydrogen) atoms. The molecule has 0 aliphatic heterocycles. The summed E-state index contributed by atoms with van der Waals surface area (Å²) in [6.45, 7) is 7.09. The standard InChI is InChI=1S/C26H54/c1-4-6-8-10-12-13-14-15-16-17-19-21-23-25-26(3)24-22-20-18-11-9-7-5-2/h26H,4-25H2,1-3H3. The van der Waals surface area contributed by atoms with Crippen LogP contribution < -0.4 is 0 Å².